The van der Waals surface area contributed by atoms with Gasteiger partial charge in [0.15, 0.2) is 5.76 Å². The number of nitrogens with one attached hydrogen (secondary N) is 1. The average molecular weight is 400 g/mol. The maximum atomic E-state index is 12.2. The Hall–Kier alpha value is -3.25. The van der Waals surface area contributed by atoms with Crippen molar-refractivity contribution in [3.05, 3.63) is 93.0 Å². The highest BCUT2D eigenvalue weighted by atomic mass is 35.5. The molecule has 0 radical (unpaired) electrons. The molecule has 1 heterocycles. The Labute approximate surface area is 166 Å². The summed E-state index contributed by atoms with van der Waals surface area (Å²) in [6.45, 7) is 0.478. The van der Waals surface area contributed by atoms with Crippen LogP contribution in [0.15, 0.2) is 70.1 Å². The van der Waals surface area contributed by atoms with Crippen LogP contribution < -0.4 is 20.2 Å². The third-order valence-corrected chi connectivity index (χ3v) is 4.19. The van der Waals surface area contributed by atoms with Crippen LogP contribution in [0.5, 0.6) is 11.5 Å². The number of rotatable bonds is 7. The van der Waals surface area contributed by atoms with E-state index in [4.69, 9.17) is 25.5 Å². The second kappa shape index (κ2) is 9.10. The molecule has 0 spiro atoms. The minimum Gasteiger partial charge on any atom is -0.497 e. The van der Waals surface area contributed by atoms with Crippen LogP contribution in [0, 0.1) is 0 Å². The van der Waals surface area contributed by atoms with E-state index in [0.717, 1.165) is 29.2 Å². The normalized spacial score (nSPS) is 10.4. The van der Waals surface area contributed by atoms with E-state index >= 15 is 0 Å². The molecule has 0 unspecified atom stereocenters. The van der Waals surface area contributed by atoms with Gasteiger partial charge >= 0.3 is 0 Å². The van der Waals surface area contributed by atoms with E-state index in [9.17, 15) is 9.59 Å². The zero-order chi connectivity index (χ0) is 19.9. The largest absolute Gasteiger partial charge is 0.497 e. The molecular weight excluding hydrogens is 382 g/mol. The number of halogens is 1. The summed E-state index contributed by atoms with van der Waals surface area (Å²) in [6, 6.07) is 15.4. The van der Waals surface area contributed by atoms with Gasteiger partial charge in [-0.15, -0.1) is 0 Å². The molecule has 3 rings (SSSR count). The number of carbonyl (C=O) groups excluding carboxylic acids is 1. The van der Waals surface area contributed by atoms with Crippen LogP contribution in [0.1, 0.15) is 21.7 Å². The summed E-state index contributed by atoms with van der Waals surface area (Å²) < 4.78 is 15.8. The average Bonchev–Trinajstić information content (AvgIpc) is 2.72. The molecule has 1 aromatic heterocycles. The van der Waals surface area contributed by atoms with Gasteiger partial charge in [-0.25, -0.2) is 0 Å². The zero-order valence-electron chi connectivity index (χ0n) is 15.1. The zero-order valence-corrected chi connectivity index (χ0v) is 15.9. The highest BCUT2D eigenvalue weighted by molar-refractivity contribution is 6.30. The maximum absolute atomic E-state index is 12.2. The first-order valence-electron chi connectivity index (χ1n) is 8.46. The minimum absolute atomic E-state index is 0.0293. The van der Waals surface area contributed by atoms with Crippen LogP contribution >= 0.6 is 11.6 Å². The minimum atomic E-state index is -0.489. The summed E-state index contributed by atoms with van der Waals surface area (Å²) in [5, 5.41) is 3.32. The van der Waals surface area contributed by atoms with Gasteiger partial charge in [0.05, 0.1) is 7.11 Å². The quantitative estimate of drug-likeness (QED) is 0.653. The number of hydrogen-bond donors (Lipinski definition) is 1. The molecule has 0 saturated carbocycles. The van der Waals surface area contributed by atoms with Crippen LogP contribution in [0.25, 0.3) is 0 Å². The molecular formula is C21H18ClNO5. The van der Waals surface area contributed by atoms with Crippen molar-refractivity contribution in [1.29, 1.82) is 0 Å². The predicted molar refractivity (Wildman–Crippen MR) is 105 cm³/mol. The van der Waals surface area contributed by atoms with E-state index in [-0.39, 0.29) is 18.1 Å². The van der Waals surface area contributed by atoms with Gasteiger partial charge < -0.3 is 19.2 Å². The van der Waals surface area contributed by atoms with Crippen LogP contribution in [0.2, 0.25) is 5.02 Å². The van der Waals surface area contributed by atoms with E-state index in [1.807, 2.05) is 12.1 Å². The third-order valence-electron chi connectivity index (χ3n) is 3.94. The molecule has 3 aromatic rings. The van der Waals surface area contributed by atoms with E-state index in [0.29, 0.717) is 11.6 Å². The summed E-state index contributed by atoms with van der Waals surface area (Å²) in [5.74, 6) is 0.187. The van der Waals surface area contributed by atoms with Crippen molar-refractivity contribution in [3.63, 3.8) is 0 Å². The van der Waals surface area contributed by atoms with Crippen molar-refractivity contribution in [2.24, 2.45) is 0 Å². The fourth-order valence-corrected chi connectivity index (χ4v) is 2.50. The molecule has 28 heavy (non-hydrogen) atoms. The Morgan fingerprint density at radius 3 is 2.39 bits per heavy atom. The fraction of sp³-hybridized carbons (Fsp3) is 0.143. The maximum Gasteiger partial charge on any atom is 0.287 e. The van der Waals surface area contributed by atoms with Gasteiger partial charge in [-0.1, -0.05) is 35.9 Å². The van der Waals surface area contributed by atoms with Crippen molar-refractivity contribution in [3.8, 4) is 11.5 Å². The van der Waals surface area contributed by atoms with Crippen molar-refractivity contribution >= 4 is 17.5 Å². The Morgan fingerprint density at radius 1 is 1.07 bits per heavy atom. The number of methoxy groups -OCH3 is 1. The Balaban J connectivity index is 1.58. The van der Waals surface area contributed by atoms with Gasteiger partial charge in [0.25, 0.3) is 5.91 Å². The summed E-state index contributed by atoms with van der Waals surface area (Å²) >= 11 is 5.83. The van der Waals surface area contributed by atoms with Crippen LogP contribution in [-0.4, -0.2) is 13.0 Å². The number of amides is 1. The molecule has 1 amide bonds. The lowest BCUT2D eigenvalue weighted by Crippen LogP contribution is -2.24. The van der Waals surface area contributed by atoms with E-state index < -0.39 is 11.3 Å². The first-order valence-corrected chi connectivity index (χ1v) is 8.84. The Morgan fingerprint density at radius 2 is 1.75 bits per heavy atom. The molecule has 0 saturated heterocycles. The number of carbonyl (C=O) groups is 1. The summed E-state index contributed by atoms with van der Waals surface area (Å²) in [5.41, 5.74) is 1.30. The van der Waals surface area contributed by atoms with Crippen molar-refractivity contribution in [2.75, 3.05) is 7.11 Å². The first kappa shape index (κ1) is 19.5. The SMILES string of the molecule is COc1ccc(CNC(=O)c2cc(=O)c(OCc3ccc(Cl)cc3)co2)cc1. The first-order chi connectivity index (χ1) is 13.5. The van der Waals surface area contributed by atoms with Crippen molar-refractivity contribution < 1.29 is 18.7 Å². The van der Waals surface area contributed by atoms with Gasteiger partial charge in [0.1, 0.15) is 18.6 Å². The molecule has 0 aliphatic rings. The summed E-state index contributed by atoms with van der Waals surface area (Å²) in [7, 11) is 1.58. The van der Waals surface area contributed by atoms with E-state index in [2.05, 4.69) is 5.32 Å². The van der Waals surface area contributed by atoms with Gasteiger partial charge in [-0.3, -0.25) is 9.59 Å². The molecule has 0 aliphatic carbocycles. The van der Waals surface area contributed by atoms with E-state index in [1.165, 1.54) is 0 Å². The lowest BCUT2D eigenvalue weighted by molar-refractivity contribution is 0.0919. The van der Waals surface area contributed by atoms with Crippen LogP contribution in [-0.2, 0) is 13.2 Å². The summed E-state index contributed by atoms with van der Waals surface area (Å²) in [6.07, 6.45) is 1.14. The molecule has 0 atom stereocenters. The number of benzene rings is 2. The van der Waals surface area contributed by atoms with Crippen molar-refractivity contribution in [1.82, 2.24) is 5.32 Å². The summed E-state index contributed by atoms with van der Waals surface area (Å²) in [4.78, 5) is 24.4. The third kappa shape index (κ3) is 5.14. The molecule has 0 fully saturated rings. The number of hydrogen-bond acceptors (Lipinski definition) is 5. The molecule has 0 aliphatic heterocycles. The molecule has 144 valence electrons. The molecule has 2 aromatic carbocycles. The molecule has 0 bridgehead atoms. The van der Waals surface area contributed by atoms with Gasteiger partial charge in [-0.05, 0) is 35.4 Å². The Bertz CT molecular complexity index is 997. The topological polar surface area (TPSA) is 77.8 Å². The van der Waals surface area contributed by atoms with Crippen LogP contribution in [0.3, 0.4) is 0 Å². The molecule has 1 N–H and O–H groups in total. The highest BCUT2D eigenvalue weighted by Gasteiger charge is 2.12. The smallest absolute Gasteiger partial charge is 0.287 e. The predicted octanol–water partition coefficient (Wildman–Crippen LogP) is 3.81. The molecule has 6 nitrogen and oxygen atoms in total. The van der Waals surface area contributed by atoms with Gasteiger partial charge in [0, 0.05) is 17.6 Å². The lowest BCUT2D eigenvalue weighted by atomic mass is 10.2. The monoisotopic (exact) mass is 399 g/mol. The Kier molecular flexibility index (Phi) is 6.34. The fourth-order valence-electron chi connectivity index (χ4n) is 2.38. The van der Waals surface area contributed by atoms with Crippen molar-refractivity contribution in [2.45, 2.75) is 13.2 Å². The van der Waals surface area contributed by atoms with Gasteiger partial charge in [-0.2, -0.15) is 0 Å². The lowest BCUT2D eigenvalue weighted by Gasteiger charge is -2.07. The number of ether oxygens (including phenoxy) is 2. The highest BCUT2D eigenvalue weighted by Crippen LogP contribution is 2.13. The van der Waals surface area contributed by atoms with Gasteiger partial charge in [0.2, 0.25) is 11.2 Å². The van der Waals surface area contributed by atoms with E-state index in [1.54, 1.807) is 43.5 Å². The standard InChI is InChI=1S/C21H18ClNO5/c1-26-17-8-4-14(5-9-17)11-23-21(25)19-10-18(24)20(13-28-19)27-12-15-2-6-16(22)7-3-15/h2-10,13H,11-12H2,1H3,(H,23,25). The second-order valence-corrected chi connectivity index (χ2v) is 6.36. The second-order valence-electron chi connectivity index (χ2n) is 5.92. The molecule has 7 heteroatoms. The van der Waals surface area contributed by atoms with Crippen LogP contribution in [0.4, 0.5) is 0 Å².